The van der Waals surface area contributed by atoms with E-state index in [0.717, 1.165) is 24.9 Å². The minimum Gasteiger partial charge on any atom is -0.371 e. The number of hydrogen-bond donors (Lipinski definition) is 1. The molecule has 1 aliphatic heterocycles. The average molecular weight is 207 g/mol. The van der Waals surface area contributed by atoms with Gasteiger partial charge in [0.15, 0.2) is 0 Å². The number of allylic oxidation sites excluding steroid dienone is 1. The second-order valence-electron chi connectivity index (χ2n) is 5.64. The third-order valence-electron chi connectivity index (χ3n) is 4.32. The summed E-state index contributed by atoms with van der Waals surface area (Å²) < 4.78 is 6.38. The van der Waals surface area contributed by atoms with Gasteiger partial charge in [-0.2, -0.15) is 0 Å². The summed E-state index contributed by atoms with van der Waals surface area (Å²) in [4.78, 5) is 0. The number of fused-ring (bicyclic) bond motifs is 2. The molecule has 0 spiro atoms. The fourth-order valence-electron chi connectivity index (χ4n) is 3.30. The molecule has 2 heteroatoms. The van der Waals surface area contributed by atoms with Gasteiger partial charge < -0.3 is 10.1 Å². The van der Waals surface area contributed by atoms with Crippen LogP contribution >= 0.6 is 0 Å². The number of piperidine rings is 1. The van der Waals surface area contributed by atoms with Gasteiger partial charge in [-0.15, -0.1) is 0 Å². The van der Waals surface area contributed by atoms with E-state index in [1.165, 1.54) is 25.7 Å². The minimum absolute atomic E-state index is 0.147. The molecule has 2 nitrogen and oxygen atoms in total. The van der Waals surface area contributed by atoms with Crippen molar-refractivity contribution in [2.75, 3.05) is 13.1 Å². The summed E-state index contributed by atoms with van der Waals surface area (Å²) in [5, 5.41) is 3.40. The van der Waals surface area contributed by atoms with Crippen molar-refractivity contribution in [1.29, 1.82) is 0 Å². The zero-order chi connectivity index (χ0) is 10.3. The maximum atomic E-state index is 6.38. The van der Waals surface area contributed by atoms with Gasteiger partial charge in [-0.25, -0.2) is 0 Å². The molecule has 1 saturated carbocycles. The van der Waals surface area contributed by atoms with Gasteiger partial charge in [0.1, 0.15) is 0 Å². The number of nitrogens with one attached hydrogen (secondary N) is 1. The molecule has 0 aromatic rings. The van der Waals surface area contributed by atoms with E-state index in [2.05, 4.69) is 24.4 Å². The maximum Gasteiger partial charge on any atom is 0.0682 e. The Morgan fingerprint density at radius 2 is 2.00 bits per heavy atom. The van der Waals surface area contributed by atoms with Crippen molar-refractivity contribution in [3.63, 3.8) is 0 Å². The van der Waals surface area contributed by atoms with Crippen molar-refractivity contribution < 1.29 is 4.74 Å². The van der Waals surface area contributed by atoms with Crippen molar-refractivity contribution in [3.8, 4) is 0 Å². The molecule has 0 radical (unpaired) electrons. The Morgan fingerprint density at radius 1 is 1.20 bits per heavy atom. The zero-order valence-electron chi connectivity index (χ0n) is 9.54. The van der Waals surface area contributed by atoms with Crippen LogP contribution in [0.25, 0.3) is 0 Å². The van der Waals surface area contributed by atoms with Crippen LogP contribution in [0.4, 0.5) is 0 Å². The van der Waals surface area contributed by atoms with Crippen LogP contribution in [0.15, 0.2) is 12.2 Å². The summed E-state index contributed by atoms with van der Waals surface area (Å²) in [6.45, 7) is 4.53. The summed E-state index contributed by atoms with van der Waals surface area (Å²) >= 11 is 0. The molecule has 3 unspecified atom stereocenters. The van der Waals surface area contributed by atoms with Gasteiger partial charge >= 0.3 is 0 Å². The normalized spacial score (nSPS) is 42.3. The second-order valence-corrected chi connectivity index (χ2v) is 5.64. The third-order valence-corrected chi connectivity index (χ3v) is 4.32. The highest BCUT2D eigenvalue weighted by atomic mass is 16.5. The van der Waals surface area contributed by atoms with E-state index in [4.69, 9.17) is 4.74 Å². The minimum atomic E-state index is 0.147. The molecule has 15 heavy (non-hydrogen) atoms. The Kier molecular flexibility index (Phi) is 2.37. The topological polar surface area (TPSA) is 21.3 Å². The number of ether oxygens (including phenoxy) is 1. The molecule has 1 heterocycles. The van der Waals surface area contributed by atoms with Crippen LogP contribution in [-0.4, -0.2) is 24.8 Å². The molecular formula is C13H21NO. The summed E-state index contributed by atoms with van der Waals surface area (Å²) in [7, 11) is 0. The maximum absolute atomic E-state index is 6.38. The standard InChI is InChI=1S/C13H21NO/c1-13(4-6-14-7-5-13)15-12-9-10-2-3-11(12)8-10/h2-3,10-12,14H,4-9H2,1H3. The second kappa shape index (κ2) is 3.60. The lowest BCUT2D eigenvalue weighted by Crippen LogP contribution is -2.44. The first-order chi connectivity index (χ1) is 7.25. The van der Waals surface area contributed by atoms with Crippen LogP contribution in [0, 0.1) is 11.8 Å². The van der Waals surface area contributed by atoms with E-state index in [9.17, 15) is 0 Å². The molecule has 3 rings (SSSR count). The van der Waals surface area contributed by atoms with Crippen LogP contribution in [0.5, 0.6) is 0 Å². The van der Waals surface area contributed by atoms with E-state index >= 15 is 0 Å². The number of rotatable bonds is 2. The summed E-state index contributed by atoms with van der Waals surface area (Å²) in [5.74, 6) is 1.55. The molecular weight excluding hydrogens is 186 g/mol. The Labute approximate surface area is 92.1 Å². The van der Waals surface area contributed by atoms with Crippen LogP contribution in [-0.2, 0) is 4.74 Å². The van der Waals surface area contributed by atoms with Crippen LogP contribution in [0.1, 0.15) is 32.6 Å². The lowest BCUT2D eigenvalue weighted by Gasteiger charge is -2.38. The Hall–Kier alpha value is -0.340. The largest absolute Gasteiger partial charge is 0.371 e. The van der Waals surface area contributed by atoms with E-state index in [-0.39, 0.29) is 5.60 Å². The molecule has 2 bridgehead atoms. The predicted molar refractivity (Wildman–Crippen MR) is 60.7 cm³/mol. The summed E-state index contributed by atoms with van der Waals surface area (Å²) in [5.41, 5.74) is 0.147. The van der Waals surface area contributed by atoms with Gasteiger partial charge in [0.2, 0.25) is 0 Å². The summed E-state index contributed by atoms with van der Waals surface area (Å²) in [6, 6.07) is 0. The first kappa shape index (κ1) is 9.86. The van der Waals surface area contributed by atoms with Crippen molar-refractivity contribution in [2.45, 2.75) is 44.3 Å². The summed E-state index contributed by atoms with van der Waals surface area (Å²) in [6.07, 6.45) is 10.2. The van der Waals surface area contributed by atoms with Crippen molar-refractivity contribution in [1.82, 2.24) is 5.32 Å². The predicted octanol–water partition coefficient (Wildman–Crippen LogP) is 2.11. The monoisotopic (exact) mass is 207 g/mol. The third kappa shape index (κ3) is 1.85. The highest BCUT2D eigenvalue weighted by Crippen LogP contribution is 2.43. The zero-order valence-corrected chi connectivity index (χ0v) is 9.54. The van der Waals surface area contributed by atoms with Gasteiger partial charge in [0.25, 0.3) is 0 Å². The lowest BCUT2D eigenvalue weighted by atomic mass is 9.93. The molecule has 0 aromatic carbocycles. The molecule has 2 fully saturated rings. The van der Waals surface area contributed by atoms with Crippen molar-refractivity contribution in [3.05, 3.63) is 12.2 Å². The van der Waals surface area contributed by atoms with Crippen LogP contribution < -0.4 is 5.32 Å². The first-order valence-electron chi connectivity index (χ1n) is 6.32. The van der Waals surface area contributed by atoms with E-state index in [1.54, 1.807) is 0 Å². The SMILES string of the molecule is CC1(OC2CC3C=CC2C3)CCNCC1. The molecule has 1 N–H and O–H groups in total. The van der Waals surface area contributed by atoms with Gasteiger partial charge in [-0.1, -0.05) is 12.2 Å². The van der Waals surface area contributed by atoms with E-state index in [1.807, 2.05) is 0 Å². The molecule has 3 atom stereocenters. The Bertz CT molecular complexity index is 268. The van der Waals surface area contributed by atoms with E-state index < -0.39 is 0 Å². The van der Waals surface area contributed by atoms with Gasteiger partial charge in [0.05, 0.1) is 11.7 Å². The van der Waals surface area contributed by atoms with Gasteiger partial charge in [0, 0.05) is 5.92 Å². The first-order valence-corrected chi connectivity index (χ1v) is 6.32. The average Bonchev–Trinajstić information content (AvgIpc) is 2.79. The van der Waals surface area contributed by atoms with Gasteiger partial charge in [-0.05, 0) is 51.6 Å². The van der Waals surface area contributed by atoms with Crippen LogP contribution in [0.2, 0.25) is 0 Å². The molecule has 2 aliphatic carbocycles. The Morgan fingerprint density at radius 3 is 2.60 bits per heavy atom. The Balaban J connectivity index is 1.62. The smallest absolute Gasteiger partial charge is 0.0682 e. The van der Waals surface area contributed by atoms with Crippen molar-refractivity contribution >= 4 is 0 Å². The molecule has 0 amide bonds. The molecule has 84 valence electrons. The fourth-order valence-corrected chi connectivity index (χ4v) is 3.30. The molecule has 1 saturated heterocycles. The quantitative estimate of drug-likeness (QED) is 0.700. The fraction of sp³-hybridized carbons (Fsp3) is 0.846. The van der Waals surface area contributed by atoms with Crippen LogP contribution in [0.3, 0.4) is 0 Å². The van der Waals surface area contributed by atoms with Gasteiger partial charge in [-0.3, -0.25) is 0 Å². The highest BCUT2D eigenvalue weighted by molar-refractivity contribution is 5.11. The number of hydrogen-bond acceptors (Lipinski definition) is 2. The lowest BCUT2D eigenvalue weighted by molar-refractivity contribution is -0.106. The van der Waals surface area contributed by atoms with E-state index in [0.29, 0.717) is 6.10 Å². The molecule has 3 aliphatic rings. The van der Waals surface area contributed by atoms with Crippen molar-refractivity contribution in [2.24, 2.45) is 11.8 Å². The molecule has 0 aromatic heterocycles. The highest BCUT2D eigenvalue weighted by Gasteiger charge is 2.40.